The number of carbonyl (C=O) groups is 3. The Balaban J connectivity index is 1.77. The average Bonchev–Trinajstić information content (AvgIpc) is 2.87. The Kier molecular flexibility index (Phi) is 5.13. The van der Waals surface area contributed by atoms with Crippen molar-refractivity contribution in [2.24, 2.45) is 0 Å². The number of hydrogen-bond acceptors (Lipinski definition) is 3. The molecule has 0 aliphatic carbocycles. The Morgan fingerprint density at radius 3 is 2.26 bits per heavy atom. The van der Waals surface area contributed by atoms with Crippen molar-refractivity contribution in [3.8, 4) is 0 Å². The number of hydrogen-bond donors (Lipinski definition) is 1. The molecule has 1 fully saturated rings. The minimum atomic E-state index is -1.16. The van der Waals surface area contributed by atoms with Crippen molar-refractivity contribution in [2.75, 3.05) is 6.54 Å². The molecule has 5 heteroatoms. The molecule has 0 aromatic heterocycles. The van der Waals surface area contributed by atoms with Gasteiger partial charge in [-0.3, -0.25) is 14.5 Å². The highest BCUT2D eigenvalue weighted by Crippen LogP contribution is 2.29. The van der Waals surface area contributed by atoms with Crippen molar-refractivity contribution in [1.29, 1.82) is 0 Å². The fourth-order valence-corrected chi connectivity index (χ4v) is 3.30. The molecule has 5 nitrogen and oxygen atoms in total. The third kappa shape index (κ3) is 3.63. The first kappa shape index (κ1) is 18.8. The number of nitrogens with zero attached hydrogens (tertiary/aromatic N) is 1. The highest BCUT2D eigenvalue weighted by atomic mass is 16.2. The Hall–Kier alpha value is -2.95. The van der Waals surface area contributed by atoms with E-state index in [4.69, 9.17) is 0 Å². The van der Waals surface area contributed by atoms with Crippen LogP contribution in [0.4, 0.5) is 4.79 Å². The van der Waals surface area contributed by atoms with Crippen LogP contribution in [0.15, 0.2) is 48.5 Å². The van der Waals surface area contributed by atoms with Crippen LogP contribution in [-0.4, -0.2) is 29.2 Å². The summed E-state index contributed by atoms with van der Waals surface area (Å²) in [5, 5.41) is 2.73. The van der Waals surface area contributed by atoms with Crippen molar-refractivity contribution >= 4 is 17.7 Å². The van der Waals surface area contributed by atoms with Gasteiger partial charge in [0.2, 0.25) is 0 Å². The standard InChI is InChI=1S/C22H24N2O3/c1-4-5-16-8-10-17(11-9-16)19(25)14-24-20(26)22(3,23-21(24)27)18-12-6-15(2)7-13-18/h6-13H,4-5,14H2,1-3H3,(H,23,27). The molecule has 27 heavy (non-hydrogen) atoms. The number of carbonyl (C=O) groups excluding carboxylic acids is 3. The van der Waals surface area contributed by atoms with Gasteiger partial charge in [-0.05, 0) is 31.4 Å². The molecule has 2 aromatic carbocycles. The molecule has 140 valence electrons. The molecule has 1 aliphatic heterocycles. The molecule has 0 radical (unpaired) electrons. The molecule has 1 atom stereocenters. The maximum atomic E-state index is 12.9. The van der Waals surface area contributed by atoms with Gasteiger partial charge in [0.1, 0.15) is 5.54 Å². The second-order valence-corrected chi connectivity index (χ2v) is 7.18. The lowest BCUT2D eigenvalue weighted by Gasteiger charge is -2.22. The highest BCUT2D eigenvalue weighted by molar-refractivity contribution is 6.11. The van der Waals surface area contributed by atoms with Crippen LogP contribution in [-0.2, 0) is 16.8 Å². The van der Waals surface area contributed by atoms with Crippen LogP contribution in [0.3, 0.4) is 0 Å². The van der Waals surface area contributed by atoms with Crippen molar-refractivity contribution in [3.05, 3.63) is 70.8 Å². The molecule has 1 aliphatic rings. The van der Waals surface area contributed by atoms with Gasteiger partial charge in [0.25, 0.3) is 5.91 Å². The van der Waals surface area contributed by atoms with E-state index in [1.54, 1.807) is 19.1 Å². The van der Waals surface area contributed by atoms with E-state index in [9.17, 15) is 14.4 Å². The van der Waals surface area contributed by atoms with Crippen LogP contribution in [0.1, 0.15) is 47.3 Å². The summed E-state index contributed by atoms with van der Waals surface area (Å²) in [5.74, 6) is -0.665. The highest BCUT2D eigenvalue weighted by Gasteiger charge is 2.49. The molecule has 0 bridgehead atoms. The van der Waals surface area contributed by atoms with Crippen molar-refractivity contribution in [3.63, 3.8) is 0 Å². The van der Waals surface area contributed by atoms with Gasteiger partial charge in [-0.2, -0.15) is 0 Å². The van der Waals surface area contributed by atoms with E-state index < -0.39 is 17.5 Å². The molecule has 1 unspecified atom stereocenters. The van der Waals surface area contributed by atoms with Crippen LogP contribution in [0, 0.1) is 6.92 Å². The lowest BCUT2D eigenvalue weighted by Crippen LogP contribution is -2.41. The maximum Gasteiger partial charge on any atom is 0.325 e. The van der Waals surface area contributed by atoms with E-state index in [1.807, 2.05) is 43.3 Å². The van der Waals surface area contributed by atoms with E-state index in [0.29, 0.717) is 11.1 Å². The number of nitrogens with one attached hydrogen (secondary N) is 1. The SMILES string of the molecule is CCCc1ccc(C(=O)CN2C(=O)NC(C)(c3ccc(C)cc3)C2=O)cc1. The van der Waals surface area contributed by atoms with Crippen molar-refractivity contribution < 1.29 is 14.4 Å². The van der Waals surface area contributed by atoms with Gasteiger partial charge in [0.05, 0.1) is 6.54 Å². The Bertz CT molecular complexity index is 871. The molecule has 1 heterocycles. The smallest absolute Gasteiger partial charge is 0.319 e. The summed E-state index contributed by atoms with van der Waals surface area (Å²) in [6.45, 7) is 5.46. The van der Waals surface area contributed by atoms with Crippen molar-refractivity contribution in [2.45, 2.75) is 39.2 Å². The summed E-state index contributed by atoms with van der Waals surface area (Å²) in [6.07, 6.45) is 1.99. The molecule has 1 saturated heterocycles. The topological polar surface area (TPSA) is 66.5 Å². The Morgan fingerprint density at radius 2 is 1.67 bits per heavy atom. The number of benzene rings is 2. The first-order valence-corrected chi connectivity index (χ1v) is 9.18. The summed E-state index contributed by atoms with van der Waals surface area (Å²) in [7, 11) is 0. The molecule has 2 aromatic rings. The molecule has 3 amide bonds. The van der Waals surface area contributed by atoms with E-state index in [-0.39, 0.29) is 12.3 Å². The zero-order valence-electron chi connectivity index (χ0n) is 15.9. The number of ketones is 1. The van der Waals surface area contributed by atoms with E-state index in [0.717, 1.165) is 28.9 Å². The number of urea groups is 1. The van der Waals surface area contributed by atoms with Crippen LogP contribution < -0.4 is 5.32 Å². The van der Waals surface area contributed by atoms with Gasteiger partial charge >= 0.3 is 6.03 Å². The maximum absolute atomic E-state index is 12.9. The van der Waals surface area contributed by atoms with Gasteiger partial charge < -0.3 is 5.32 Å². The summed E-state index contributed by atoms with van der Waals surface area (Å²) in [6, 6.07) is 14.2. The fourth-order valence-electron chi connectivity index (χ4n) is 3.30. The number of Topliss-reactive ketones (excluding diaryl/α,β-unsaturated/α-hetero) is 1. The summed E-state index contributed by atoms with van der Waals surface area (Å²) in [5.41, 5.74) is 2.27. The van der Waals surface area contributed by atoms with Crippen molar-refractivity contribution in [1.82, 2.24) is 10.2 Å². The van der Waals surface area contributed by atoms with Gasteiger partial charge in [0.15, 0.2) is 5.78 Å². The molecular formula is C22H24N2O3. The van der Waals surface area contributed by atoms with Crippen LogP contribution in [0.5, 0.6) is 0 Å². The number of rotatable bonds is 6. The summed E-state index contributed by atoms with van der Waals surface area (Å²) in [4.78, 5) is 38.9. The lowest BCUT2D eigenvalue weighted by molar-refractivity contribution is -0.130. The summed E-state index contributed by atoms with van der Waals surface area (Å²) < 4.78 is 0. The minimum Gasteiger partial charge on any atom is -0.319 e. The zero-order valence-corrected chi connectivity index (χ0v) is 15.9. The predicted octanol–water partition coefficient (Wildman–Crippen LogP) is 3.60. The number of amides is 3. The quantitative estimate of drug-likeness (QED) is 0.629. The van der Waals surface area contributed by atoms with Crippen LogP contribution in [0.2, 0.25) is 0 Å². The van der Waals surface area contributed by atoms with Crippen LogP contribution in [0.25, 0.3) is 0 Å². The Morgan fingerprint density at radius 1 is 1.04 bits per heavy atom. The van der Waals surface area contributed by atoms with Gasteiger partial charge in [-0.25, -0.2) is 4.79 Å². The third-order valence-corrected chi connectivity index (χ3v) is 5.02. The first-order valence-electron chi connectivity index (χ1n) is 9.18. The molecular weight excluding hydrogens is 340 g/mol. The second kappa shape index (κ2) is 7.35. The van der Waals surface area contributed by atoms with E-state index >= 15 is 0 Å². The van der Waals surface area contributed by atoms with Gasteiger partial charge in [-0.15, -0.1) is 0 Å². The normalized spacial score (nSPS) is 19.3. The molecule has 3 rings (SSSR count). The first-order chi connectivity index (χ1) is 12.8. The monoisotopic (exact) mass is 364 g/mol. The average molecular weight is 364 g/mol. The molecule has 0 saturated carbocycles. The third-order valence-electron chi connectivity index (χ3n) is 5.02. The molecule has 0 spiro atoms. The van der Waals surface area contributed by atoms with E-state index in [1.165, 1.54) is 0 Å². The number of aryl methyl sites for hydroxylation is 2. The number of imide groups is 1. The lowest BCUT2D eigenvalue weighted by atomic mass is 9.91. The zero-order chi connectivity index (χ0) is 19.6. The predicted molar refractivity (Wildman–Crippen MR) is 104 cm³/mol. The Labute approximate surface area is 159 Å². The molecule has 1 N–H and O–H groups in total. The second-order valence-electron chi connectivity index (χ2n) is 7.18. The minimum absolute atomic E-state index is 0.255. The van der Waals surface area contributed by atoms with E-state index in [2.05, 4.69) is 12.2 Å². The summed E-state index contributed by atoms with van der Waals surface area (Å²) >= 11 is 0. The van der Waals surface area contributed by atoms with Gasteiger partial charge in [0, 0.05) is 5.56 Å². The van der Waals surface area contributed by atoms with Gasteiger partial charge in [-0.1, -0.05) is 67.4 Å². The largest absolute Gasteiger partial charge is 0.325 e. The fraction of sp³-hybridized carbons (Fsp3) is 0.318. The van der Waals surface area contributed by atoms with Crippen LogP contribution >= 0.6 is 0 Å².